The standard InChI is InChI=1S/C18H20N4O3S/c1-26(23,24)15-4-2-3-13(11-15)16-12-19-18-6-5-17(21-22(16)18)20-14-7-9-25-10-8-14/h2-6,11-12,14H,7-10H2,1H3,(H,20,21). The van der Waals surface area contributed by atoms with Gasteiger partial charge >= 0.3 is 0 Å². The third-order valence-corrected chi connectivity index (χ3v) is 5.60. The van der Waals surface area contributed by atoms with Crippen LogP contribution in [0.5, 0.6) is 0 Å². The lowest BCUT2D eigenvalue weighted by atomic mass is 10.1. The number of sulfone groups is 1. The van der Waals surface area contributed by atoms with E-state index in [1.54, 1.807) is 28.9 Å². The van der Waals surface area contributed by atoms with E-state index in [1.807, 2.05) is 18.2 Å². The summed E-state index contributed by atoms with van der Waals surface area (Å²) in [6, 6.07) is 11.0. The number of anilines is 1. The van der Waals surface area contributed by atoms with Crippen LogP contribution in [0.4, 0.5) is 5.82 Å². The zero-order chi connectivity index (χ0) is 18.1. The maximum absolute atomic E-state index is 11.8. The largest absolute Gasteiger partial charge is 0.381 e. The van der Waals surface area contributed by atoms with E-state index in [0.29, 0.717) is 11.7 Å². The Balaban J connectivity index is 1.71. The van der Waals surface area contributed by atoms with Crippen molar-refractivity contribution in [3.8, 4) is 11.3 Å². The van der Waals surface area contributed by atoms with E-state index in [-0.39, 0.29) is 4.90 Å². The molecule has 3 heterocycles. The second-order valence-corrected chi connectivity index (χ2v) is 8.48. The molecule has 1 fully saturated rings. The van der Waals surface area contributed by atoms with E-state index in [4.69, 9.17) is 4.74 Å². The highest BCUT2D eigenvalue weighted by molar-refractivity contribution is 7.90. The van der Waals surface area contributed by atoms with Crippen LogP contribution in [-0.2, 0) is 14.6 Å². The number of benzene rings is 1. The number of nitrogens with zero attached hydrogens (tertiary/aromatic N) is 3. The number of aromatic nitrogens is 3. The summed E-state index contributed by atoms with van der Waals surface area (Å²) in [6.45, 7) is 1.52. The lowest BCUT2D eigenvalue weighted by molar-refractivity contribution is 0.0903. The van der Waals surface area contributed by atoms with Gasteiger partial charge in [-0.3, -0.25) is 0 Å². The van der Waals surface area contributed by atoms with Gasteiger partial charge in [-0.05, 0) is 37.1 Å². The molecule has 0 saturated carbocycles. The van der Waals surface area contributed by atoms with Gasteiger partial charge < -0.3 is 10.1 Å². The molecular formula is C18H20N4O3S. The van der Waals surface area contributed by atoms with Gasteiger partial charge in [-0.1, -0.05) is 12.1 Å². The van der Waals surface area contributed by atoms with Gasteiger partial charge in [-0.25, -0.2) is 17.9 Å². The van der Waals surface area contributed by atoms with Crippen molar-refractivity contribution in [3.05, 3.63) is 42.6 Å². The minimum atomic E-state index is -3.27. The summed E-state index contributed by atoms with van der Waals surface area (Å²) in [6.07, 6.45) is 4.82. The minimum absolute atomic E-state index is 0.279. The molecule has 3 aromatic rings. The fraction of sp³-hybridized carbons (Fsp3) is 0.333. The first-order valence-electron chi connectivity index (χ1n) is 8.50. The van der Waals surface area contributed by atoms with Gasteiger partial charge in [0.25, 0.3) is 0 Å². The number of imidazole rings is 1. The number of hydrogen-bond acceptors (Lipinski definition) is 6. The van der Waals surface area contributed by atoms with Crippen LogP contribution in [0.1, 0.15) is 12.8 Å². The Morgan fingerprint density at radius 2 is 2.00 bits per heavy atom. The first-order chi connectivity index (χ1) is 12.5. The summed E-state index contributed by atoms with van der Waals surface area (Å²) in [7, 11) is -3.27. The molecule has 1 N–H and O–H groups in total. The Labute approximate surface area is 151 Å². The van der Waals surface area contributed by atoms with Gasteiger partial charge in [-0.15, -0.1) is 5.10 Å². The van der Waals surface area contributed by atoms with Crippen LogP contribution in [0.15, 0.2) is 47.5 Å². The number of nitrogens with one attached hydrogen (secondary N) is 1. The van der Waals surface area contributed by atoms with Crippen molar-refractivity contribution < 1.29 is 13.2 Å². The average molecular weight is 372 g/mol. The molecule has 0 atom stereocenters. The van der Waals surface area contributed by atoms with Gasteiger partial charge in [0.1, 0.15) is 5.82 Å². The smallest absolute Gasteiger partial charge is 0.175 e. The summed E-state index contributed by atoms with van der Waals surface area (Å²) < 4.78 is 30.8. The van der Waals surface area contributed by atoms with E-state index in [2.05, 4.69) is 15.4 Å². The summed E-state index contributed by atoms with van der Waals surface area (Å²) in [4.78, 5) is 4.66. The van der Waals surface area contributed by atoms with E-state index in [1.165, 1.54) is 6.26 Å². The molecule has 0 amide bonds. The van der Waals surface area contributed by atoms with Gasteiger partial charge in [0.2, 0.25) is 0 Å². The van der Waals surface area contributed by atoms with E-state index >= 15 is 0 Å². The lowest BCUT2D eigenvalue weighted by Gasteiger charge is -2.23. The van der Waals surface area contributed by atoms with Gasteiger partial charge in [0, 0.05) is 31.1 Å². The number of ether oxygens (including phenoxy) is 1. The lowest BCUT2D eigenvalue weighted by Crippen LogP contribution is -2.28. The second kappa shape index (κ2) is 6.69. The van der Waals surface area contributed by atoms with E-state index in [0.717, 1.165) is 43.1 Å². The highest BCUT2D eigenvalue weighted by atomic mass is 32.2. The van der Waals surface area contributed by atoms with Gasteiger partial charge in [-0.2, -0.15) is 0 Å². The molecule has 1 aliphatic rings. The summed E-state index contributed by atoms with van der Waals surface area (Å²) in [5, 5.41) is 8.09. The molecule has 1 aliphatic heterocycles. The Morgan fingerprint density at radius 1 is 1.19 bits per heavy atom. The van der Waals surface area contributed by atoms with Gasteiger partial charge in [0.15, 0.2) is 15.5 Å². The predicted octanol–water partition coefficient (Wildman–Crippen LogP) is 2.39. The van der Waals surface area contributed by atoms with Gasteiger partial charge in [0.05, 0.1) is 16.8 Å². The van der Waals surface area contributed by atoms with Crippen molar-refractivity contribution in [3.63, 3.8) is 0 Å². The first kappa shape index (κ1) is 17.0. The van der Waals surface area contributed by atoms with Crippen LogP contribution >= 0.6 is 0 Å². The minimum Gasteiger partial charge on any atom is -0.381 e. The fourth-order valence-electron chi connectivity index (χ4n) is 3.08. The maximum Gasteiger partial charge on any atom is 0.175 e. The molecule has 0 unspecified atom stereocenters. The molecule has 0 bridgehead atoms. The van der Waals surface area contributed by atoms with Crippen molar-refractivity contribution in [1.82, 2.24) is 14.6 Å². The molecule has 7 nitrogen and oxygen atoms in total. The highest BCUT2D eigenvalue weighted by Crippen LogP contribution is 2.24. The zero-order valence-electron chi connectivity index (χ0n) is 14.4. The van der Waals surface area contributed by atoms with Crippen molar-refractivity contribution >= 4 is 21.3 Å². The second-order valence-electron chi connectivity index (χ2n) is 6.46. The molecule has 8 heteroatoms. The SMILES string of the molecule is CS(=O)(=O)c1cccc(-c2cnc3ccc(NC4CCOCC4)nn23)c1. The molecule has 1 saturated heterocycles. The molecule has 136 valence electrons. The molecule has 2 aromatic heterocycles. The average Bonchev–Trinajstić information content (AvgIpc) is 3.05. The third-order valence-electron chi connectivity index (χ3n) is 4.49. The van der Waals surface area contributed by atoms with Crippen molar-refractivity contribution in [2.24, 2.45) is 0 Å². The Hall–Kier alpha value is -2.45. The molecule has 0 radical (unpaired) electrons. The summed E-state index contributed by atoms with van der Waals surface area (Å²) in [5.41, 5.74) is 2.22. The Morgan fingerprint density at radius 3 is 2.77 bits per heavy atom. The van der Waals surface area contributed by atoms with Crippen LogP contribution in [0, 0.1) is 0 Å². The summed E-state index contributed by atoms with van der Waals surface area (Å²) in [5.74, 6) is 0.767. The van der Waals surface area contributed by atoms with E-state index < -0.39 is 9.84 Å². The van der Waals surface area contributed by atoms with Crippen molar-refractivity contribution in [2.75, 3.05) is 24.8 Å². The molecule has 0 spiro atoms. The first-order valence-corrected chi connectivity index (χ1v) is 10.4. The Kier molecular flexibility index (Phi) is 4.37. The number of fused-ring (bicyclic) bond motifs is 1. The maximum atomic E-state index is 11.8. The number of rotatable bonds is 4. The summed E-state index contributed by atoms with van der Waals surface area (Å²) >= 11 is 0. The molecule has 26 heavy (non-hydrogen) atoms. The molecular weight excluding hydrogens is 352 g/mol. The predicted molar refractivity (Wildman–Crippen MR) is 99.0 cm³/mol. The highest BCUT2D eigenvalue weighted by Gasteiger charge is 2.15. The quantitative estimate of drug-likeness (QED) is 0.757. The van der Waals surface area contributed by atoms with Crippen LogP contribution in [-0.4, -0.2) is 48.5 Å². The molecule has 1 aromatic carbocycles. The Bertz CT molecular complexity index is 1040. The fourth-order valence-corrected chi connectivity index (χ4v) is 3.75. The zero-order valence-corrected chi connectivity index (χ0v) is 15.2. The van der Waals surface area contributed by atoms with Crippen molar-refractivity contribution in [1.29, 1.82) is 0 Å². The van der Waals surface area contributed by atoms with Crippen LogP contribution < -0.4 is 5.32 Å². The molecule has 4 rings (SSSR count). The molecule has 0 aliphatic carbocycles. The van der Waals surface area contributed by atoms with Crippen LogP contribution in [0.3, 0.4) is 0 Å². The van der Waals surface area contributed by atoms with Crippen LogP contribution in [0.2, 0.25) is 0 Å². The number of hydrogen-bond donors (Lipinski definition) is 1. The topological polar surface area (TPSA) is 85.6 Å². The monoisotopic (exact) mass is 372 g/mol. The normalized spacial score (nSPS) is 16.0. The third kappa shape index (κ3) is 3.42. The van der Waals surface area contributed by atoms with Crippen molar-refractivity contribution in [2.45, 2.75) is 23.8 Å². The van der Waals surface area contributed by atoms with E-state index in [9.17, 15) is 8.42 Å². The van der Waals surface area contributed by atoms with Crippen LogP contribution in [0.25, 0.3) is 16.9 Å².